The fraction of sp³-hybridized carbons (Fsp3) is 0.444. The molecule has 8 aliphatic rings. The molecule has 6 unspecified atom stereocenters. The van der Waals surface area contributed by atoms with Gasteiger partial charge < -0.3 is 9.80 Å². The van der Waals surface area contributed by atoms with Crippen molar-refractivity contribution in [2.75, 3.05) is 9.80 Å². The molecule has 0 bridgehead atoms. The lowest BCUT2D eigenvalue weighted by Gasteiger charge is -2.53. The molecule has 0 saturated carbocycles. The van der Waals surface area contributed by atoms with E-state index in [2.05, 4.69) is 145 Å². The Kier molecular flexibility index (Phi) is 10.8. The molecule has 302 valence electrons. The van der Waals surface area contributed by atoms with E-state index in [0.717, 1.165) is 0 Å². The molecule has 11 rings (SSSR count). The average Bonchev–Trinajstić information content (AvgIpc) is 3.29. The van der Waals surface area contributed by atoms with Crippen molar-refractivity contribution in [3.05, 3.63) is 134 Å². The van der Waals surface area contributed by atoms with Gasteiger partial charge in [0.15, 0.2) is 0 Å². The Morgan fingerprint density at radius 1 is 0.492 bits per heavy atom. The van der Waals surface area contributed by atoms with Gasteiger partial charge in [-0.3, -0.25) is 0 Å². The highest BCUT2D eigenvalue weighted by Gasteiger charge is 2.50. The lowest BCUT2D eigenvalue weighted by Crippen LogP contribution is -2.65. The highest BCUT2D eigenvalue weighted by atomic mass is 79.9. The third-order valence-corrected chi connectivity index (χ3v) is 16.8. The minimum Gasteiger partial charge on any atom is -0.334 e. The quantitative estimate of drug-likeness (QED) is 0.180. The van der Waals surface area contributed by atoms with Crippen LogP contribution < -0.4 is 26.2 Å². The molecule has 0 radical (unpaired) electrons. The van der Waals surface area contributed by atoms with E-state index in [9.17, 15) is 0 Å². The van der Waals surface area contributed by atoms with Crippen LogP contribution in [-0.2, 0) is 0 Å². The third-order valence-electron chi connectivity index (χ3n) is 15.8. The van der Waals surface area contributed by atoms with Crippen LogP contribution in [0.15, 0.2) is 134 Å². The maximum atomic E-state index is 4.03. The zero-order valence-electron chi connectivity index (χ0n) is 34.7. The molecule has 0 saturated heterocycles. The molecule has 0 fully saturated rings. The van der Waals surface area contributed by atoms with Crippen LogP contribution in [0.4, 0.5) is 22.7 Å². The molecular weight excluding hydrogens is 847 g/mol. The molecule has 2 nitrogen and oxygen atoms in total. The third kappa shape index (κ3) is 6.88. The number of allylic oxidation sites excluding steroid dienone is 8. The van der Waals surface area contributed by atoms with E-state index in [1.165, 1.54) is 164 Å². The number of benzene rings is 3. The van der Waals surface area contributed by atoms with Crippen molar-refractivity contribution < 1.29 is 0 Å². The highest BCUT2D eigenvalue weighted by Crippen LogP contribution is 2.51. The molecule has 2 aliphatic heterocycles. The van der Waals surface area contributed by atoms with Gasteiger partial charge in [-0.2, -0.15) is 0 Å². The van der Waals surface area contributed by atoms with Crippen molar-refractivity contribution >= 4 is 77.7 Å². The fourth-order valence-electron chi connectivity index (χ4n) is 13.3. The van der Waals surface area contributed by atoms with Crippen LogP contribution in [0.2, 0.25) is 0 Å². The predicted octanol–water partition coefficient (Wildman–Crippen LogP) is 13.8. The van der Waals surface area contributed by atoms with Crippen LogP contribution in [0.1, 0.15) is 116 Å². The number of rotatable bonds is 6. The SMILES string of the molecule is Brc1ccc2c(c1)N(C1C(C3CC=CCC3)=CCCC1C1=CCCCC1)c1cccc3c1B2c1ccc(Br)cc1N3C1C(C2CC=CCC2)=CCCC1C1=CCCCC1. The van der Waals surface area contributed by atoms with Gasteiger partial charge in [-0.25, -0.2) is 0 Å². The molecule has 0 aromatic heterocycles. The first-order valence-corrected chi connectivity index (χ1v) is 25.1. The minimum atomic E-state index is 0.168. The second-order valence-corrected chi connectivity index (χ2v) is 20.8. The largest absolute Gasteiger partial charge is 0.334 e. The topological polar surface area (TPSA) is 6.48 Å². The first-order chi connectivity index (χ1) is 29.1. The van der Waals surface area contributed by atoms with Gasteiger partial charge in [0.25, 0.3) is 6.71 Å². The predicted molar refractivity (Wildman–Crippen MR) is 259 cm³/mol. The van der Waals surface area contributed by atoms with Gasteiger partial charge in [0.05, 0.1) is 12.1 Å². The smallest absolute Gasteiger partial charge is 0.252 e. The van der Waals surface area contributed by atoms with Crippen LogP contribution in [0.5, 0.6) is 0 Å². The molecule has 3 aromatic rings. The Balaban J connectivity index is 1.15. The van der Waals surface area contributed by atoms with Gasteiger partial charge in [-0.15, -0.1) is 0 Å². The van der Waals surface area contributed by atoms with E-state index < -0.39 is 0 Å². The second-order valence-electron chi connectivity index (χ2n) is 19.0. The molecule has 6 atom stereocenters. The molecule has 59 heavy (non-hydrogen) atoms. The Morgan fingerprint density at radius 3 is 1.44 bits per heavy atom. The fourth-order valence-corrected chi connectivity index (χ4v) is 14.0. The molecule has 2 heterocycles. The number of anilines is 4. The van der Waals surface area contributed by atoms with Gasteiger partial charge in [-0.05, 0) is 191 Å². The van der Waals surface area contributed by atoms with Crippen molar-refractivity contribution in [1.29, 1.82) is 0 Å². The van der Waals surface area contributed by atoms with Gasteiger partial charge in [-0.1, -0.05) is 110 Å². The summed E-state index contributed by atoms with van der Waals surface area (Å²) in [6.45, 7) is 0.168. The van der Waals surface area contributed by atoms with Crippen LogP contribution in [-0.4, -0.2) is 18.8 Å². The zero-order valence-corrected chi connectivity index (χ0v) is 37.9. The van der Waals surface area contributed by atoms with Gasteiger partial charge in [0.2, 0.25) is 0 Å². The molecule has 0 amide bonds. The molecule has 0 N–H and O–H groups in total. The van der Waals surface area contributed by atoms with E-state index in [1.54, 1.807) is 22.3 Å². The molecule has 3 aromatic carbocycles. The van der Waals surface area contributed by atoms with E-state index in [4.69, 9.17) is 0 Å². The van der Waals surface area contributed by atoms with Crippen molar-refractivity contribution in [3.8, 4) is 0 Å². The Hall–Kier alpha value is -3.28. The van der Waals surface area contributed by atoms with E-state index in [0.29, 0.717) is 35.8 Å². The Labute approximate surface area is 371 Å². The number of halogens is 2. The van der Waals surface area contributed by atoms with Crippen LogP contribution in [0, 0.1) is 23.7 Å². The number of hydrogen-bond acceptors (Lipinski definition) is 2. The van der Waals surface area contributed by atoms with E-state index >= 15 is 0 Å². The number of nitrogens with zero attached hydrogens (tertiary/aromatic N) is 2. The van der Waals surface area contributed by atoms with Crippen molar-refractivity contribution in [2.24, 2.45) is 23.7 Å². The summed E-state index contributed by atoms with van der Waals surface area (Å²) in [6, 6.07) is 22.7. The Morgan fingerprint density at radius 2 is 1.00 bits per heavy atom. The van der Waals surface area contributed by atoms with Crippen molar-refractivity contribution in [3.63, 3.8) is 0 Å². The maximum absolute atomic E-state index is 4.03. The van der Waals surface area contributed by atoms with Crippen LogP contribution in [0.25, 0.3) is 0 Å². The summed E-state index contributed by atoms with van der Waals surface area (Å²) in [6.07, 6.45) is 43.1. The molecular formula is C54H59BBr2N2. The summed E-state index contributed by atoms with van der Waals surface area (Å²) >= 11 is 8.07. The number of fused-ring (bicyclic) bond motifs is 4. The van der Waals surface area contributed by atoms with Crippen LogP contribution in [0.3, 0.4) is 0 Å². The standard InChI is InChI=1S/C54H59BBr2N2/c56-40-30-32-46-50(34-40)58(53-42(36-16-5-1-6-17-36)24-13-25-43(53)37-18-7-2-8-19-37)48-28-15-29-49-52(48)55(46)47-33-31-41(57)35-51(47)59(49)54-44(38-20-9-3-10-21-38)26-14-27-45(54)39-22-11-4-12-23-39/h1,3,5,9,15,18,22,24,26,28-36,38,43,45,53-54H,2,4,6-8,10-14,16-17,19-21,23,25,27H2. The van der Waals surface area contributed by atoms with Crippen molar-refractivity contribution in [1.82, 2.24) is 0 Å². The summed E-state index contributed by atoms with van der Waals surface area (Å²) in [5, 5.41) is 0. The summed E-state index contributed by atoms with van der Waals surface area (Å²) in [4.78, 5) is 5.84. The zero-order chi connectivity index (χ0) is 39.5. The summed E-state index contributed by atoms with van der Waals surface area (Å²) in [7, 11) is 0. The monoisotopic (exact) mass is 904 g/mol. The maximum Gasteiger partial charge on any atom is 0.252 e. The molecule has 6 aliphatic carbocycles. The average molecular weight is 907 g/mol. The van der Waals surface area contributed by atoms with Crippen molar-refractivity contribution in [2.45, 2.75) is 128 Å². The summed E-state index contributed by atoms with van der Waals surface area (Å²) in [5.41, 5.74) is 17.0. The molecule has 0 spiro atoms. The summed E-state index contributed by atoms with van der Waals surface area (Å²) < 4.78 is 2.35. The second kappa shape index (κ2) is 16.5. The first kappa shape index (κ1) is 38.6. The highest BCUT2D eigenvalue weighted by molar-refractivity contribution is 9.10. The van der Waals surface area contributed by atoms with Gasteiger partial charge in [0.1, 0.15) is 0 Å². The van der Waals surface area contributed by atoms with Gasteiger partial charge in [0, 0.05) is 43.5 Å². The Bertz CT molecular complexity index is 2160. The normalized spacial score (nSPS) is 28.8. The molecule has 5 heteroatoms. The first-order valence-electron chi connectivity index (χ1n) is 23.5. The van der Waals surface area contributed by atoms with E-state index in [-0.39, 0.29) is 6.71 Å². The lowest BCUT2D eigenvalue weighted by atomic mass is 9.33. The lowest BCUT2D eigenvalue weighted by molar-refractivity contribution is 0.391. The summed E-state index contributed by atoms with van der Waals surface area (Å²) in [5.74, 6) is 2.25. The van der Waals surface area contributed by atoms with Gasteiger partial charge >= 0.3 is 0 Å². The number of hydrogen-bond donors (Lipinski definition) is 0. The van der Waals surface area contributed by atoms with E-state index in [1.807, 2.05) is 0 Å². The minimum absolute atomic E-state index is 0.168. The van der Waals surface area contributed by atoms with Crippen LogP contribution >= 0.6 is 31.9 Å².